The number of carboxylic acid groups (broad SMARTS) is 2. The number of alkyl halides is 3. The van der Waals surface area contributed by atoms with E-state index in [1.165, 1.54) is 31.1 Å². The highest BCUT2D eigenvalue weighted by atomic mass is 35.5. The normalized spacial score (nSPS) is 14.2. The predicted molar refractivity (Wildman–Crippen MR) is 194 cm³/mol. The molecule has 1 aromatic heterocycles. The number of carbonyl (C=O) groups excluding carboxylic acids is 1. The van der Waals surface area contributed by atoms with E-state index in [-0.39, 0.29) is 50.5 Å². The van der Waals surface area contributed by atoms with Gasteiger partial charge in [0.1, 0.15) is 23.1 Å². The fourth-order valence-corrected chi connectivity index (χ4v) is 6.61. The van der Waals surface area contributed by atoms with Crippen molar-refractivity contribution in [2.24, 2.45) is 5.73 Å². The fraction of sp³-hybridized carbons (Fsp3) is 0.273. The van der Waals surface area contributed by atoms with Crippen LogP contribution in [0.2, 0.25) is 10.0 Å². The number of aromatic nitrogens is 1. The maximum Gasteiger partial charge on any atom is 0.416 e. The molecule has 0 amide bonds. The Hall–Kier alpha value is -4.85. The number of nitro groups is 1. The van der Waals surface area contributed by atoms with Gasteiger partial charge >= 0.3 is 18.1 Å². The second-order valence-corrected chi connectivity index (χ2v) is 17.5. The Balaban J connectivity index is 0.000000241. The topological polar surface area (TPSA) is 268 Å². The molecular weight excluding hydrogens is 837 g/mol. The van der Waals surface area contributed by atoms with Crippen LogP contribution >= 0.6 is 30.6 Å². The van der Waals surface area contributed by atoms with E-state index in [0.29, 0.717) is 17.4 Å². The van der Waals surface area contributed by atoms with Crippen molar-refractivity contribution < 1.29 is 69.8 Å². The van der Waals surface area contributed by atoms with Crippen molar-refractivity contribution in [1.82, 2.24) is 5.16 Å². The molecule has 23 heteroatoms. The minimum atomic E-state index is -4.58. The molecule has 1 aliphatic carbocycles. The van der Waals surface area contributed by atoms with Gasteiger partial charge in [-0.05, 0) is 61.7 Å². The number of hydrogen-bond donors (Lipinski definition) is 4. The van der Waals surface area contributed by atoms with Gasteiger partial charge in [0.2, 0.25) is 0 Å². The highest BCUT2D eigenvalue weighted by Crippen LogP contribution is 2.42. The van der Waals surface area contributed by atoms with Crippen molar-refractivity contribution in [3.8, 4) is 11.5 Å². The molecule has 2 atom stereocenters. The van der Waals surface area contributed by atoms with Crippen LogP contribution in [0.3, 0.4) is 0 Å². The quantitative estimate of drug-likeness (QED) is 0.0471. The number of hydrogen-bond acceptors (Lipinski definition) is 12. The van der Waals surface area contributed by atoms with Gasteiger partial charge in [-0.15, -0.1) is 0 Å². The van der Waals surface area contributed by atoms with Gasteiger partial charge in [0.25, 0.3) is 5.69 Å². The lowest BCUT2D eigenvalue weighted by Crippen LogP contribution is -2.30. The van der Waals surface area contributed by atoms with E-state index in [2.05, 4.69) is 5.16 Å². The molecule has 0 radical (unpaired) electrons. The summed E-state index contributed by atoms with van der Waals surface area (Å²) in [4.78, 5) is 52.3. The van der Waals surface area contributed by atoms with Gasteiger partial charge in [-0.2, -0.15) is 13.2 Å². The zero-order valence-corrected chi connectivity index (χ0v) is 32.1. The van der Waals surface area contributed by atoms with Crippen LogP contribution in [0.4, 0.5) is 18.9 Å². The van der Waals surface area contributed by atoms with Crippen molar-refractivity contribution >= 4 is 63.8 Å². The molecule has 16 nitrogen and oxygen atoms in total. The molecule has 5 rings (SSSR count). The number of ketones is 1. The summed E-state index contributed by atoms with van der Waals surface area (Å²) in [6.07, 6.45) is -0.280. The largest absolute Gasteiger partial charge is 0.480 e. The molecule has 0 saturated heterocycles. The Morgan fingerprint density at radius 3 is 2.21 bits per heavy atom. The minimum absolute atomic E-state index is 0.0412. The van der Waals surface area contributed by atoms with Gasteiger partial charge in [0.05, 0.1) is 32.2 Å². The number of carbonyl (C=O) groups is 3. The van der Waals surface area contributed by atoms with E-state index in [1.807, 2.05) is 0 Å². The smallest absolute Gasteiger partial charge is 0.416 e. The first-order valence-corrected chi connectivity index (χ1v) is 20.6. The number of aromatic carboxylic acids is 1. The van der Waals surface area contributed by atoms with Crippen molar-refractivity contribution in [3.63, 3.8) is 0 Å². The van der Waals surface area contributed by atoms with Crippen LogP contribution in [-0.4, -0.2) is 76.5 Å². The molecule has 56 heavy (non-hydrogen) atoms. The molecule has 3 aromatic carbocycles. The SMILES string of the molecule is CP(=O)(O)CCC(N)C(=O)O.CS(=O)(=O)c1cc(Cl)ccc1C(=O)c1cnoc1C1CC1.O=C(O)c1cc(Oc2ccc(C(F)(F)F)cc2Cl)ccc1[N+](=O)[O-]. The third-order valence-electron chi connectivity index (χ3n) is 7.43. The highest BCUT2D eigenvalue weighted by molar-refractivity contribution is 7.90. The molecule has 1 fully saturated rings. The summed E-state index contributed by atoms with van der Waals surface area (Å²) in [5.41, 5.74) is 3.26. The highest BCUT2D eigenvalue weighted by Gasteiger charge is 2.34. The molecule has 2 unspecified atom stereocenters. The van der Waals surface area contributed by atoms with Crippen molar-refractivity contribution in [1.29, 1.82) is 0 Å². The Morgan fingerprint density at radius 2 is 1.71 bits per heavy atom. The molecule has 1 aliphatic rings. The fourth-order valence-electron chi connectivity index (χ4n) is 4.49. The van der Waals surface area contributed by atoms with Gasteiger partial charge in [-0.25, -0.2) is 13.2 Å². The van der Waals surface area contributed by atoms with Crippen molar-refractivity contribution in [2.45, 2.75) is 42.3 Å². The summed E-state index contributed by atoms with van der Waals surface area (Å²) >= 11 is 11.6. The number of nitrogens with zero attached hydrogens (tertiary/aromatic N) is 2. The Morgan fingerprint density at radius 1 is 1.07 bits per heavy atom. The molecule has 0 bridgehead atoms. The van der Waals surface area contributed by atoms with E-state index < -0.39 is 68.9 Å². The average Bonchev–Trinajstić information content (AvgIpc) is 3.82. The lowest BCUT2D eigenvalue weighted by atomic mass is 10.0. The van der Waals surface area contributed by atoms with Crippen molar-refractivity contribution in [2.75, 3.05) is 19.1 Å². The van der Waals surface area contributed by atoms with Gasteiger partial charge in [-0.3, -0.25) is 24.3 Å². The van der Waals surface area contributed by atoms with Crippen LogP contribution in [0, 0.1) is 10.1 Å². The van der Waals surface area contributed by atoms with Crippen LogP contribution in [-0.2, 0) is 25.4 Å². The molecule has 0 spiro atoms. The van der Waals surface area contributed by atoms with Crippen LogP contribution in [0.5, 0.6) is 11.5 Å². The van der Waals surface area contributed by atoms with E-state index in [4.69, 9.17) is 53.3 Å². The van der Waals surface area contributed by atoms with Crippen LogP contribution in [0.15, 0.2) is 70.2 Å². The summed E-state index contributed by atoms with van der Waals surface area (Å²) in [6.45, 7) is 1.18. The summed E-state index contributed by atoms with van der Waals surface area (Å²) in [7, 11) is -6.67. The molecule has 0 aliphatic heterocycles. The standard InChI is InChI=1S/C14H7ClF3NO5.C14H12ClNO4S.C5H12NO4P/c15-10-5-7(14(16,17)18)1-4-12(10)24-8-2-3-11(19(22)23)9(6-8)13(20)21;1-21(18,19)12-6-9(15)4-5-10(12)13(17)11-7-16-20-14(11)8-2-3-8;1-11(9,10)3-2-4(6)5(7)8/h1-6H,(H,20,21);4-8H,2-3H2,1H3;4H,2-3,6H2,1H3,(H,7,8)(H,9,10). The maximum absolute atomic E-state index is 12.6. The molecule has 5 N–H and O–H groups in total. The Bertz CT molecular complexity index is 2300. The first-order chi connectivity index (χ1) is 25.8. The zero-order chi connectivity index (χ0) is 42.3. The number of sulfone groups is 1. The summed E-state index contributed by atoms with van der Waals surface area (Å²) in [5, 5.41) is 31.6. The number of carboxylic acids is 2. The molecule has 1 saturated carbocycles. The van der Waals surface area contributed by atoms with E-state index in [0.717, 1.165) is 49.4 Å². The minimum Gasteiger partial charge on any atom is -0.480 e. The number of ether oxygens (including phenoxy) is 1. The third kappa shape index (κ3) is 13.1. The first-order valence-electron chi connectivity index (χ1n) is 15.6. The number of nitrogens with two attached hydrogens (primary N) is 1. The number of rotatable bonds is 12. The van der Waals surface area contributed by atoms with E-state index in [1.54, 1.807) is 0 Å². The Kier molecular flexibility index (Phi) is 15.0. The molecule has 4 aromatic rings. The molecule has 302 valence electrons. The number of benzene rings is 3. The maximum atomic E-state index is 12.6. The van der Waals surface area contributed by atoms with Crippen LogP contribution in [0.1, 0.15) is 62.8 Å². The van der Waals surface area contributed by atoms with Crippen LogP contribution < -0.4 is 10.5 Å². The van der Waals surface area contributed by atoms with E-state index in [9.17, 15) is 50.7 Å². The second-order valence-electron chi connectivity index (χ2n) is 12.1. The number of halogens is 5. The predicted octanol–water partition coefficient (Wildman–Crippen LogP) is 7.29. The zero-order valence-electron chi connectivity index (χ0n) is 28.9. The van der Waals surface area contributed by atoms with Gasteiger partial charge < -0.3 is 30.1 Å². The van der Waals surface area contributed by atoms with Crippen LogP contribution in [0.25, 0.3) is 0 Å². The monoisotopic (exact) mass is 867 g/mol. The lowest BCUT2D eigenvalue weighted by Gasteiger charge is -2.11. The number of aliphatic carboxylic acids is 1. The van der Waals surface area contributed by atoms with Gasteiger partial charge in [-0.1, -0.05) is 28.4 Å². The summed E-state index contributed by atoms with van der Waals surface area (Å²) in [6, 6.07) is 8.44. The van der Waals surface area contributed by atoms with Crippen molar-refractivity contribution in [3.05, 3.63) is 109 Å². The number of nitro benzene ring substituents is 1. The average molecular weight is 869 g/mol. The summed E-state index contributed by atoms with van der Waals surface area (Å²) < 4.78 is 82.4. The van der Waals surface area contributed by atoms with Gasteiger partial charge in [0.15, 0.2) is 28.7 Å². The summed E-state index contributed by atoms with van der Waals surface area (Å²) in [5.74, 6) is -2.64. The lowest BCUT2D eigenvalue weighted by molar-refractivity contribution is -0.385. The molecular formula is C33H31Cl2F3N3O13PS. The Labute approximate surface area is 325 Å². The van der Waals surface area contributed by atoms with E-state index >= 15 is 0 Å². The third-order valence-corrected chi connectivity index (χ3v) is 10.2. The second kappa shape index (κ2) is 18.4. The molecule has 1 heterocycles. The first kappa shape index (κ1) is 45.5. The van der Waals surface area contributed by atoms with Gasteiger partial charge in [0, 0.05) is 47.7 Å².